The smallest absolute Gasteiger partial charge is 0.407 e. The number of fused-ring (bicyclic) bond motifs is 3. The number of carboxylic acids is 1. The van der Waals surface area contributed by atoms with Gasteiger partial charge in [0.1, 0.15) is 12.6 Å². The van der Waals surface area contributed by atoms with E-state index in [1.165, 1.54) is 16.0 Å². The lowest BCUT2D eigenvalue weighted by atomic mass is 9.82. The van der Waals surface area contributed by atoms with Crippen molar-refractivity contribution in [1.29, 1.82) is 0 Å². The summed E-state index contributed by atoms with van der Waals surface area (Å²) in [5.74, 6) is -1.56. The molecule has 0 aromatic heterocycles. The number of likely N-dealkylation sites (tertiary alicyclic amines) is 1. The number of alkyl carbamates (subject to hydrolysis) is 1. The van der Waals surface area contributed by atoms with Crippen molar-refractivity contribution >= 4 is 18.0 Å². The van der Waals surface area contributed by atoms with Crippen LogP contribution in [0.25, 0.3) is 11.1 Å². The summed E-state index contributed by atoms with van der Waals surface area (Å²) in [7, 11) is 0. The second-order valence-electron chi connectivity index (χ2n) is 9.14. The van der Waals surface area contributed by atoms with Crippen molar-refractivity contribution in [2.24, 2.45) is 5.92 Å². The van der Waals surface area contributed by atoms with E-state index in [2.05, 4.69) is 29.6 Å². The van der Waals surface area contributed by atoms with E-state index in [0.29, 0.717) is 25.8 Å². The number of hydrogen-bond donors (Lipinski definition) is 2. The minimum absolute atomic E-state index is 0.0238. The van der Waals surface area contributed by atoms with Crippen LogP contribution in [0.3, 0.4) is 0 Å². The first-order valence-corrected chi connectivity index (χ1v) is 11.7. The predicted octanol–water partition coefficient (Wildman–Crippen LogP) is 3.77. The Morgan fingerprint density at radius 1 is 0.939 bits per heavy atom. The first kappa shape index (κ1) is 21.5. The van der Waals surface area contributed by atoms with Gasteiger partial charge in [0.15, 0.2) is 0 Å². The van der Waals surface area contributed by atoms with E-state index >= 15 is 0 Å². The molecule has 2 aliphatic carbocycles. The number of carboxylic acid groups (broad SMARTS) is 1. The van der Waals surface area contributed by atoms with E-state index in [0.717, 1.165) is 24.0 Å². The Labute approximate surface area is 192 Å². The van der Waals surface area contributed by atoms with Crippen molar-refractivity contribution in [3.63, 3.8) is 0 Å². The second-order valence-corrected chi connectivity index (χ2v) is 9.14. The van der Waals surface area contributed by atoms with Gasteiger partial charge < -0.3 is 20.1 Å². The molecule has 0 bridgehead atoms. The van der Waals surface area contributed by atoms with Crippen molar-refractivity contribution in [3.05, 3.63) is 59.7 Å². The van der Waals surface area contributed by atoms with Crippen LogP contribution in [0.4, 0.5) is 4.79 Å². The molecule has 2 amide bonds. The van der Waals surface area contributed by atoms with Crippen LogP contribution in [0.15, 0.2) is 48.5 Å². The Kier molecular flexibility index (Phi) is 5.79. The van der Waals surface area contributed by atoms with Crippen LogP contribution < -0.4 is 5.32 Å². The van der Waals surface area contributed by atoms with Crippen LogP contribution in [0.2, 0.25) is 0 Å². The largest absolute Gasteiger partial charge is 0.480 e. The molecule has 2 aromatic rings. The van der Waals surface area contributed by atoms with Gasteiger partial charge in [-0.1, -0.05) is 61.4 Å². The number of benzene rings is 2. The molecular formula is C26H28N2O5. The number of carbonyl (C=O) groups excluding carboxylic acids is 2. The van der Waals surface area contributed by atoms with E-state index in [1.807, 2.05) is 24.3 Å². The minimum atomic E-state index is -0.966. The summed E-state index contributed by atoms with van der Waals surface area (Å²) in [6, 6.07) is 15.3. The lowest BCUT2D eigenvalue weighted by Gasteiger charge is -2.42. The van der Waals surface area contributed by atoms with Crippen molar-refractivity contribution in [3.8, 4) is 11.1 Å². The van der Waals surface area contributed by atoms with E-state index in [9.17, 15) is 19.5 Å². The first-order chi connectivity index (χ1) is 16.0. The molecule has 1 saturated heterocycles. The quantitative estimate of drug-likeness (QED) is 0.726. The zero-order valence-electron chi connectivity index (χ0n) is 18.4. The maximum absolute atomic E-state index is 13.0. The maximum Gasteiger partial charge on any atom is 0.407 e. The first-order valence-electron chi connectivity index (χ1n) is 11.7. The highest BCUT2D eigenvalue weighted by Crippen LogP contribution is 2.44. The molecule has 5 rings (SSSR count). The SMILES string of the molecule is O=C(NC1CCCCC1C(=O)N1CCC1C(=O)O)OCC1c2ccccc2-c2ccccc21. The van der Waals surface area contributed by atoms with Gasteiger partial charge in [0.05, 0.1) is 5.92 Å². The predicted molar refractivity (Wildman–Crippen MR) is 122 cm³/mol. The van der Waals surface area contributed by atoms with Crippen molar-refractivity contribution in [2.45, 2.75) is 50.1 Å². The molecule has 2 aromatic carbocycles. The van der Waals surface area contributed by atoms with Gasteiger partial charge in [0.25, 0.3) is 0 Å². The van der Waals surface area contributed by atoms with Gasteiger partial charge in [-0.05, 0) is 41.5 Å². The summed E-state index contributed by atoms with van der Waals surface area (Å²) in [4.78, 5) is 38.5. The topological polar surface area (TPSA) is 95.9 Å². The normalized spacial score (nSPS) is 23.8. The second kappa shape index (κ2) is 8.89. The van der Waals surface area contributed by atoms with Crippen molar-refractivity contribution in [2.75, 3.05) is 13.2 Å². The average molecular weight is 449 g/mol. The summed E-state index contributed by atoms with van der Waals surface area (Å²) in [6.45, 7) is 0.683. The highest BCUT2D eigenvalue weighted by atomic mass is 16.5. The van der Waals surface area contributed by atoms with Crippen LogP contribution in [0.1, 0.15) is 49.1 Å². The Morgan fingerprint density at radius 2 is 1.58 bits per heavy atom. The van der Waals surface area contributed by atoms with E-state index in [1.54, 1.807) is 0 Å². The number of aliphatic carboxylic acids is 1. The van der Waals surface area contributed by atoms with Gasteiger partial charge in [-0.2, -0.15) is 0 Å². The van der Waals surface area contributed by atoms with Crippen LogP contribution in [0.5, 0.6) is 0 Å². The molecule has 2 N–H and O–H groups in total. The van der Waals surface area contributed by atoms with Gasteiger partial charge in [-0.15, -0.1) is 0 Å². The summed E-state index contributed by atoms with van der Waals surface area (Å²) in [5, 5.41) is 12.2. The summed E-state index contributed by atoms with van der Waals surface area (Å²) in [5.41, 5.74) is 4.63. The molecule has 0 radical (unpaired) electrons. The fraction of sp³-hybridized carbons (Fsp3) is 0.423. The molecule has 2 fully saturated rings. The van der Waals surface area contributed by atoms with Gasteiger partial charge in [-0.25, -0.2) is 9.59 Å². The summed E-state index contributed by atoms with van der Waals surface area (Å²) < 4.78 is 5.66. The monoisotopic (exact) mass is 448 g/mol. The molecule has 1 heterocycles. The molecule has 172 valence electrons. The standard InChI is InChI=1S/C26H28N2O5/c29-24(28-14-13-23(28)25(30)31)20-11-5-6-12-22(20)27-26(32)33-15-21-18-9-3-1-7-16(18)17-8-2-4-10-19(17)21/h1-4,7-10,20-23H,5-6,11-15H2,(H,27,32)(H,30,31). The maximum atomic E-state index is 13.0. The van der Waals surface area contributed by atoms with Gasteiger partial charge in [0, 0.05) is 18.5 Å². The molecule has 33 heavy (non-hydrogen) atoms. The van der Waals surface area contributed by atoms with E-state index in [-0.39, 0.29) is 24.5 Å². The van der Waals surface area contributed by atoms with Crippen LogP contribution in [0, 0.1) is 5.92 Å². The third-order valence-corrected chi connectivity index (χ3v) is 7.32. The van der Waals surface area contributed by atoms with Gasteiger partial charge in [-0.3, -0.25) is 4.79 Å². The number of ether oxygens (including phenoxy) is 1. The molecule has 7 nitrogen and oxygen atoms in total. The minimum Gasteiger partial charge on any atom is -0.480 e. The average Bonchev–Trinajstić information content (AvgIpc) is 3.11. The summed E-state index contributed by atoms with van der Waals surface area (Å²) in [6.07, 6.45) is 3.10. The molecule has 7 heteroatoms. The van der Waals surface area contributed by atoms with Crippen molar-refractivity contribution < 1.29 is 24.2 Å². The molecule has 3 unspecified atom stereocenters. The van der Waals surface area contributed by atoms with E-state index < -0.39 is 24.0 Å². The lowest BCUT2D eigenvalue weighted by molar-refractivity contribution is -0.160. The molecule has 3 aliphatic rings. The number of rotatable bonds is 5. The molecule has 1 saturated carbocycles. The number of nitrogens with one attached hydrogen (secondary N) is 1. The van der Waals surface area contributed by atoms with E-state index in [4.69, 9.17) is 4.74 Å². The zero-order chi connectivity index (χ0) is 22.9. The van der Waals surface area contributed by atoms with Crippen LogP contribution in [-0.2, 0) is 14.3 Å². The van der Waals surface area contributed by atoms with Gasteiger partial charge >= 0.3 is 12.1 Å². The summed E-state index contributed by atoms with van der Waals surface area (Å²) >= 11 is 0. The third-order valence-electron chi connectivity index (χ3n) is 7.32. The molecule has 3 atom stereocenters. The fourth-order valence-electron chi connectivity index (χ4n) is 5.51. The number of amides is 2. The Bertz CT molecular complexity index is 1040. The molecular weight excluding hydrogens is 420 g/mol. The number of carbonyl (C=O) groups is 3. The zero-order valence-corrected chi connectivity index (χ0v) is 18.4. The Hall–Kier alpha value is -3.35. The van der Waals surface area contributed by atoms with Crippen LogP contribution in [-0.4, -0.2) is 53.2 Å². The molecule has 1 aliphatic heterocycles. The highest BCUT2D eigenvalue weighted by Gasteiger charge is 2.43. The Balaban J connectivity index is 1.23. The molecule has 0 spiro atoms. The van der Waals surface area contributed by atoms with Gasteiger partial charge in [0.2, 0.25) is 5.91 Å². The fourth-order valence-corrected chi connectivity index (χ4v) is 5.51. The van der Waals surface area contributed by atoms with Crippen LogP contribution >= 0.6 is 0 Å². The third kappa shape index (κ3) is 3.96. The Morgan fingerprint density at radius 3 is 2.18 bits per heavy atom. The number of nitrogens with zero attached hydrogens (tertiary/aromatic N) is 1. The highest BCUT2D eigenvalue weighted by molar-refractivity contribution is 5.87. The lowest BCUT2D eigenvalue weighted by Crippen LogP contribution is -2.59. The number of hydrogen-bond acceptors (Lipinski definition) is 4. The van der Waals surface area contributed by atoms with Crippen molar-refractivity contribution in [1.82, 2.24) is 10.2 Å².